The molecule has 1 fully saturated rings. The Morgan fingerprint density at radius 1 is 1.19 bits per heavy atom. The number of carbonyl (C=O) groups excluding carboxylic acids is 1. The van der Waals surface area contributed by atoms with Gasteiger partial charge in [0.2, 0.25) is 0 Å². The molecule has 1 amide bonds. The Balaban J connectivity index is 1.54. The van der Waals surface area contributed by atoms with Gasteiger partial charge in [0.25, 0.3) is 5.91 Å². The fraction of sp³-hybridized carbons (Fsp3) is 0.143. The summed E-state index contributed by atoms with van der Waals surface area (Å²) in [6.45, 7) is 3.00. The van der Waals surface area contributed by atoms with Crippen molar-refractivity contribution in [2.75, 3.05) is 6.61 Å². The van der Waals surface area contributed by atoms with E-state index >= 15 is 0 Å². The smallest absolute Gasteiger partial charge is 0.266 e. The zero-order valence-electron chi connectivity index (χ0n) is 14.3. The van der Waals surface area contributed by atoms with Crippen LogP contribution in [0.2, 0.25) is 0 Å². The van der Waals surface area contributed by atoms with Crippen molar-refractivity contribution < 1.29 is 9.53 Å². The van der Waals surface area contributed by atoms with Crippen LogP contribution in [0.15, 0.2) is 65.1 Å². The number of thiocarbonyl (C=S) groups is 1. The van der Waals surface area contributed by atoms with Gasteiger partial charge in [0, 0.05) is 5.56 Å². The number of rotatable bonds is 3. The monoisotopic (exact) mass is 379 g/mol. The van der Waals surface area contributed by atoms with Gasteiger partial charge in [0.1, 0.15) is 16.7 Å². The number of hydrogen-bond donors (Lipinski definition) is 0. The molecule has 2 aromatic carbocycles. The second-order valence-corrected chi connectivity index (χ2v) is 7.97. The van der Waals surface area contributed by atoms with Gasteiger partial charge in [-0.3, -0.25) is 9.69 Å². The number of ether oxygens (including phenoxy) is 1. The van der Waals surface area contributed by atoms with E-state index in [1.54, 1.807) is 4.90 Å². The number of amides is 1. The predicted octanol–water partition coefficient (Wildman–Crippen LogP) is 4.72. The van der Waals surface area contributed by atoms with Crippen molar-refractivity contribution in [1.29, 1.82) is 0 Å². The van der Waals surface area contributed by atoms with E-state index in [2.05, 4.69) is 6.08 Å². The summed E-state index contributed by atoms with van der Waals surface area (Å²) in [6.07, 6.45) is 3.95. The van der Waals surface area contributed by atoms with Crippen molar-refractivity contribution in [3.63, 3.8) is 0 Å². The fourth-order valence-corrected chi connectivity index (χ4v) is 4.17. The Hall–Kier alpha value is -2.37. The van der Waals surface area contributed by atoms with E-state index in [1.165, 1.54) is 17.3 Å². The molecule has 26 heavy (non-hydrogen) atoms. The van der Waals surface area contributed by atoms with Crippen molar-refractivity contribution in [1.82, 2.24) is 4.90 Å². The highest BCUT2D eigenvalue weighted by Crippen LogP contribution is 2.34. The molecule has 0 aliphatic carbocycles. The standard InChI is InChI=1S/C21H17NO2S2/c1-14-6-8-15(9-7-14)12-22-20(23)19(26-21(22)25)11-16-10-17-4-2-3-5-18(17)24-13-16/h2-11H,12-13H2,1H3/b19-11+. The average Bonchev–Trinajstić information content (AvgIpc) is 2.91. The van der Waals surface area contributed by atoms with Gasteiger partial charge in [-0.25, -0.2) is 0 Å². The lowest BCUT2D eigenvalue weighted by molar-refractivity contribution is -0.122. The predicted molar refractivity (Wildman–Crippen MR) is 110 cm³/mol. The summed E-state index contributed by atoms with van der Waals surface area (Å²) >= 11 is 6.78. The highest BCUT2D eigenvalue weighted by atomic mass is 32.2. The summed E-state index contributed by atoms with van der Waals surface area (Å²) in [5.74, 6) is 0.830. The van der Waals surface area contributed by atoms with Gasteiger partial charge < -0.3 is 4.74 Å². The first kappa shape index (κ1) is 17.1. The Morgan fingerprint density at radius 2 is 1.96 bits per heavy atom. The van der Waals surface area contributed by atoms with Crippen molar-refractivity contribution >= 4 is 40.3 Å². The molecular weight excluding hydrogens is 362 g/mol. The maximum Gasteiger partial charge on any atom is 0.266 e. The number of carbonyl (C=O) groups is 1. The van der Waals surface area contributed by atoms with Crippen molar-refractivity contribution in [2.45, 2.75) is 13.5 Å². The SMILES string of the molecule is Cc1ccc(CN2C(=O)/C(=C\C3=Cc4ccccc4OC3)SC2=S)cc1. The Kier molecular flexibility index (Phi) is 4.66. The molecule has 4 rings (SSSR count). The van der Waals surface area contributed by atoms with Crippen LogP contribution in [0.25, 0.3) is 6.08 Å². The van der Waals surface area contributed by atoms with Gasteiger partial charge >= 0.3 is 0 Å². The van der Waals surface area contributed by atoms with Crippen LogP contribution in [0.1, 0.15) is 16.7 Å². The molecule has 5 heteroatoms. The number of hydrogen-bond acceptors (Lipinski definition) is 4. The maximum atomic E-state index is 12.8. The van der Waals surface area contributed by atoms with E-state index in [-0.39, 0.29) is 5.91 Å². The third kappa shape index (κ3) is 3.45. The van der Waals surface area contributed by atoms with Gasteiger partial charge in [-0.05, 0) is 36.3 Å². The molecule has 0 aromatic heterocycles. The van der Waals surface area contributed by atoms with Crippen LogP contribution >= 0.6 is 24.0 Å². The van der Waals surface area contributed by atoms with E-state index in [1.807, 2.05) is 61.5 Å². The molecule has 0 unspecified atom stereocenters. The fourth-order valence-electron chi connectivity index (χ4n) is 2.90. The Bertz CT molecular complexity index is 945. The minimum Gasteiger partial charge on any atom is -0.488 e. The molecule has 130 valence electrons. The number of para-hydroxylation sites is 1. The topological polar surface area (TPSA) is 29.5 Å². The number of fused-ring (bicyclic) bond motifs is 1. The number of thioether (sulfide) groups is 1. The van der Waals surface area contributed by atoms with Gasteiger partial charge in [0.05, 0.1) is 11.4 Å². The average molecular weight is 380 g/mol. The summed E-state index contributed by atoms with van der Waals surface area (Å²) in [5, 5.41) is 0. The van der Waals surface area contributed by atoms with E-state index in [0.29, 0.717) is 22.4 Å². The molecule has 0 radical (unpaired) electrons. The first-order valence-electron chi connectivity index (χ1n) is 8.33. The molecule has 3 nitrogen and oxygen atoms in total. The molecule has 0 bridgehead atoms. The number of aryl methyl sites for hydroxylation is 1. The normalized spacial score (nSPS) is 18.0. The summed E-state index contributed by atoms with van der Waals surface area (Å²) < 4.78 is 6.36. The third-order valence-corrected chi connectivity index (χ3v) is 5.68. The molecule has 2 heterocycles. The molecule has 0 spiro atoms. The first-order chi connectivity index (χ1) is 12.6. The number of benzene rings is 2. The molecule has 0 saturated carbocycles. The minimum absolute atomic E-state index is 0.0414. The number of nitrogens with zero attached hydrogens (tertiary/aromatic N) is 1. The lowest BCUT2D eigenvalue weighted by Gasteiger charge is -2.16. The molecular formula is C21H17NO2S2. The highest BCUT2D eigenvalue weighted by Gasteiger charge is 2.32. The lowest BCUT2D eigenvalue weighted by atomic mass is 10.1. The zero-order valence-corrected chi connectivity index (χ0v) is 15.9. The maximum absolute atomic E-state index is 12.8. The van der Waals surface area contributed by atoms with Crippen molar-refractivity contribution in [3.05, 3.63) is 81.8 Å². The summed E-state index contributed by atoms with van der Waals surface area (Å²) in [5.41, 5.74) is 4.27. The molecule has 2 aromatic rings. The van der Waals surface area contributed by atoms with Crippen LogP contribution in [-0.2, 0) is 11.3 Å². The van der Waals surface area contributed by atoms with Crippen LogP contribution in [0.5, 0.6) is 5.75 Å². The quantitative estimate of drug-likeness (QED) is 0.570. The highest BCUT2D eigenvalue weighted by molar-refractivity contribution is 8.26. The summed E-state index contributed by atoms with van der Waals surface area (Å²) in [7, 11) is 0. The molecule has 0 atom stereocenters. The summed E-state index contributed by atoms with van der Waals surface area (Å²) in [6, 6.07) is 16.0. The molecule has 2 aliphatic rings. The van der Waals surface area contributed by atoms with E-state index in [0.717, 1.165) is 22.4 Å². The van der Waals surface area contributed by atoms with Crippen LogP contribution in [-0.4, -0.2) is 21.7 Å². The van der Waals surface area contributed by atoms with Crippen molar-refractivity contribution in [3.8, 4) is 5.75 Å². The van der Waals surface area contributed by atoms with Gasteiger partial charge in [-0.2, -0.15) is 0 Å². The third-order valence-electron chi connectivity index (χ3n) is 4.31. The van der Waals surface area contributed by atoms with Crippen LogP contribution in [0.4, 0.5) is 0 Å². The Morgan fingerprint density at radius 3 is 2.77 bits per heavy atom. The van der Waals surface area contributed by atoms with Gasteiger partial charge in [0.15, 0.2) is 0 Å². The van der Waals surface area contributed by atoms with E-state index < -0.39 is 0 Å². The largest absolute Gasteiger partial charge is 0.488 e. The molecule has 1 saturated heterocycles. The van der Waals surface area contributed by atoms with E-state index in [9.17, 15) is 4.79 Å². The first-order valence-corrected chi connectivity index (χ1v) is 9.56. The van der Waals surface area contributed by atoms with Gasteiger partial charge in [-0.1, -0.05) is 72.0 Å². The molecule has 2 aliphatic heterocycles. The molecule has 0 N–H and O–H groups in total. The summed E-state index contributed by atoms with van der Waals surface area (Å²) in [4.78, 5) is 15.1. The second-order valence-electron chi connectivity index (χ2n) is 6.30. The van der Waals surface area contributed by atoms with Crippen LogP contribution < -0.4 is 4.74 Å². The van der Waals surface area contributed by atoms with Gasteiger partial charge in [-0.15, -0.1) is 0 Å². The Labute approximate surface area is 162 Å². The van der Waals surface area contributed by atoms with Crippen LogP contribution in [0, 0.1) is 6.92 Å². The van der Waals surface area contributed by atoms with E-state index in [4.69, 9.17) is 17.0 Å². The minimum atomic E-state index is -0.0414. The second kappa shape index (κ2) is 7.09. The zero-order chi connectivity index (χ0) is 18.1. The lowest BCUT2D eigenvalue weighted by Crippen LogP contribution is -2.27. The van der Waals surface area contributed by atoms with Crippen molar-refractivity contribution in [2.24, 2.45) is 0 Å². The van der Waals surface area contributed by atoms with Crippen LogP contribution in [0.3, 0.4) is 0 Å².